The van der Waals surface area contributed by atoms with Gasteiger partial charge in [0.1, 0.15) is 12.2 Å². The van der Waals surface area contributed by atoms with Gasteiger partial charge in [-0.3, -0.25) is 9.59 Å². The van der Waals surface area contributed by atoms with Crippen LogP contribution in [0.5, 0.6) is 5.75 Å². The zero-order valence-electron chi connectivity index (χ0n) is 15.0. The fraction of sp³-hybridized carbons (Fsp3) is 0.579. The first kappa shape index (κ1) is 19.6. The van der Waals surface area contributed by atoms with Gasteiger partial charge in [-0.05, 0) is 42.4 Å². The normalized spacial score (nSPS) is 15.9. The fourth-order valence-corrected chi connectivity index (χ4v) is 3.18. The van der Waals surface area contributed by atoms with E-state index >= 15 is 0 Å². The SMILES string of the molecule is CC(C)(C)c1cc(Cl)ccc1OCC1CCN(C(=O)CC(=O)O)CC1. The van der Waals surface area contributed by atoms with Crippen molar-refractivity contribution in [1.82, 2.24) is 4.90 Å². The Kier molecular flexibility index (Phi) is 6.33. The highest BCUT2D eigenvalue weighted by atomic mass is 35.5. The van der Waals surface area contributed by atoms with E-state index in [2.05, 4.69) is 20.8 Å². The standard InChI is InChI=1S/C19H26ClNO4/c1-19(2,3)15-10-14(20)4-5-16(15)25-12-13-6-8-21(9-7-13)17(22)11-18(23)24/h4-5,10,13H,6-9,11-12H2,1-3H3,(H,23,24). The van der Waals surface area contributed by atoms with Crippen LogP contribution in [0.3, 0.4) is 0 Å². The lowest BCUT2D eigenvalue weighted by molar-refractivity contribution is -0.144. The van der Waals surface area contributed by atoms with E-state index in [4.69, 9.17) is 21.4 Å². The van der Waals surface area contributed by atoms with Gasteiger partial charge in [0.25, 0.3) is 0 Å². The zero-order chi connectivity index (χ0) is 18.6. The van der Waals surface area contributed by atoms with E-state index in [-0.39, 0.29) is 11.3 Å². The molecule has 0 aliphatic carbocycles. The van der Waals surface area contributed by atoms with Gasteiger partial charge >= 0.3 is 5.97 Å². The summed E-state index contributed by atoms with van der Waals surface area (Å²) in [6.07, 6.45) is 1.22. The lowest BCUT2D eigenvalue weighted by Crippen LogP contribution is -2.40. The average Bonchev–Trinajstić information content (AvgIpc) is 2.52. The molecule has 0 radical (unpaired) electrons. The van der Waals surface area contributed by atoms with E-state index in [1.165, 1.54) is 0 Å². The Labute approximate surface area is 153 Å². The lowest BCUT2D eigenvalue weighted by Gasteiger charge is -2.32. The molecule has 1 aliphatic rings. The van der Waals surface area contributed by atoms with Crippen LogP contribution in [0.25, 0.3) is 0 Å². The maximum absolute atomic E-state index is 11.8. The predicted octanol–water partition coefficient (Wildman–Crippen LogP) is 3.73. The average molecular weight is 368 g/mol. The first-order valence-corrected chi connectivity index (χ1v) is 8.97. The molecule has 25 heavy (non-hydrogen) atoms. The fourth-order valence-electron chi connectivity index (χ4n) is 3.01. The summed E-state index contributed by atoms with van der Waals surface area (Å²) in [6.45, 7) is 8.14. The Bertz CT molecular complexity index is 631. The Morgan fingerprint density at radius 1 is 1.28 bits per heavy atom. The molecule has 2 rings (SSSR count). The maximum atomic E-state index is 11.8. The number of carboxylic acids is 1. The van der Waals surface area contributed by atoms with Gasteiger partial charge in [0.05, 0.1) is 6.61 Å². The number of likely N-dealkylation sites (tertiary alicyclic amines) is 1. The van der Waals surface area contributed by atoms with Crippen molar-refractivity contribution in [1.29, 1.82) is 0 Å². The summed E-state index contributed by atoms with van der Waals surface area (Å²) >= 11 is 6.12. The third-order valence-corrected chi connectivity index (χ3v) is 4.73. The van der Waals surface area contributed by atoms with Gasteiger partial charge in [0.2, 0.25) is 5.91 Å². The molecule has 0 atom stereocenters. The van der Waals surface area contributed by atoms with Crippen LogP contribution in [0.1, 0.15) is 45.6 Å². The van der Waals surface area contributed by atoms with Gasteiger partial charge < -0.3 is 14.7 Å². The minimum atomic E-state index is -1.08. The highest BCUT2D eigenvalue weighted by Gasteiger charge is 2.25. The minimum absolute atomic E-state index is 0.0627. The largest absolute Gasteiger partial charge is 0.493 e. The van der Waals surface area contributed by atoms with E-state index in [0.29, 0.717) is 30.6 Å². The van der Waals surface area contributed by atoms with Crippen LogP contribution in [0.15, 0.2) is 18.2 Å². The molecule has 0 unspecified atom stereocenters. The number of aliphatic carboxylic acids is 1. The van der Waals surface area contributed by atoms with Crippen molar-refractivity contribution in [2.24, 2.45) is 5.92 Å². The Morgan fingerprint density at radius 2 is 1.92 bits per heavy atom. The van der Waals surface area contributed by atoms with Gasteiger partial charge in [-0.15, -0.1) is 0 Å². The van der Waals surface area contributed by atoms with Crippen LogP contribution < -0.4 is 4.74 Å². The third kappa shape index (κ3) is 5.63. The molecule has 6 heteroatoms. The summed E-state index contributed by atoms with van der Waals surface area (Å²) in [4.78, 5) is 24.1. The van der Waals surface area contributed by atoms with Crippen LogP contribution in [0.2, 0.25) is 5.02 Å². The number of carbonyl (C=O) groups excluding carboxylic acids is 1. The molecule has 1 heterocycles. The van der Waals surface area contributed by atoms with E-state index in [0.717, 1.165) is 24.2 Å². The molecular formula is C19H26ClNO4. The maximum Gasteiger partial charge on any atom is 0.312 e. The van der Waals surface area contributed by atoms with Crippen LogP contribution in [0.4, 0.5) is 0 Å². The van der Waals surface area contributed by atoms with Gasteiger partial charge in [0.15, 0.2) is 0 Å². The second kappa shape index (κ2) is 8.09. The molecule has 0 bridgehead atoms. The number of carbonyl (C=O) groups is 2. The van der Waals surface area contributed by atoms with Gasteiger partial charge in [0, 0.05) is 23.7 Å². The molecule has 1 saturated heterocycles. The molecule has 1 aromatic rings. The number of benzene rings is 1. The summed E-state index contributed by atoms with van der Waals surface area (Å²) in [5.41, 5.74) is 1.02. The number of hydrogen-bond acceptors (Lipinski definition) is 3. The quantitative estimate of drug-likeness (QED) is 0.805. The number of nitrogens with zero attached hydrogens (tertiary/aromatic N) is 1. The Balaban J connectivity index is 1.90. The van der Waals surface area contributed by atoms with Crippen molar-refractivity contribution in [3.05, 3.63) is 28.8 Å². The number of carboxylic acid groups (broad SMARTS) is 1. The summed E-state index contributed by atoms with van der Waals surface area (Å²) in [5, 5.41) is 9.41. The summed E-state index contributed by atoms with van der Waals surface area (Å²) in [7, 11) is 0. The van der Waals surface area contributed by atoms with E-state index in [1.807, 2.05) is 18.2 Å². The lowest BCUT2D eigenvalue weighted by atomic mass is 9.86. The zero-order valence-corrected chi connectivity index (χ0v) is 15.8. The number of amides is 1. The highest BCUT2D eigenvalue weighted by Crippen LogP contribution is 2.34. The highest BCUT2D eigenvalue weighted by molar-refractivity contribution is 6.30. The molecule has 138 valence electrons. The second-order valence-electron chi connectivity index (χ2n) is 7.60. The first-order chi connectivity index (χ1) is 11.7. The molecule has 1 amide bonds. The van der Waals surface area contributed by atoms with Crippen LogP contribution >= 0.6 is 11.6 Å². The molecule has 0 spiro atoms. The van der Waals surface area contributed by atoms with Crippen molar-refractivity contribution in [2.45, 2.75) is 45.4 Å². The van der Waals surface area contributed by atoms with Crippen molar-refractivity contribution in [3.63, 3.8) is 0 Å². The van der Waals surface area contributed by atoms with Crippen LogP contribution in [0, 0.1) is 5.92 Å². The number of hydrogen-bond donors (Lipinski definition) is 1. The van der Waals surface area contributed by atoms with Crippen molar-refractivity contribution < 1.29 is 19.4 Å². The summed E-state index contributed by atoms with van der Waals surface area (Å²) < 4.78 is 6.06. The topological polar surface area (TPSA) is 66.8 Å². The molecule has 0 aromatic heterocycles. The minimum Gasteiger partial charge on any atom is -0.493 e. The van der Waals surface area contributed by atoms with E-state index < -0.39 is 12.4 Å². The number of rotatable bonds is 5. The smallest absolute Gasteiger partial charge is 0.312 e. The molecule has 1 aromatic carbocycles. The van der Waals surface area contributed by atoms with Gasteiger partial charge in [-0.1, -0.05) is 32.4 Å². The van der Waals surface area contributed by atoms with Crippen molar-refractivity contribution in [2.75, 3.05) is 19.7 Å². The van der Waals surface area contributed by atoms with Gasteiger partial charge in [-0.2, -0.15) is 0 Å². The molecule has 0 saturated carbocycles. The van der Waals surface area contributed by atoms with E-state index in [9.17, 15) is 9.59 Å². The number of piperidine rings is 1. The summed E-state index contributed by atoms with van der Waals surface area (Å²) in [5.74, 6) is -0.175. The Hall–Kier alpha value is -1.75. The number of halogens is 1. The second-order valence-corrected chi connectivity index (χ2v) is 8.03. The summed E-state index contributed by atoms with van der Waals surface area (Å²) in [6, 6.07) is 5.69. The van der Waals surface area contributed by atoms with Gasteiger partial charge in [-0.25, -0.2) is 0 Å². The van der Waals surface area contributed by atoms with Crippen LogP contribution in [-0.4, -0.2) is 41.6 Å². The van der Waals surface area contributed by atoms with Crippen molar-refractivity contribution in [3.8, 4) is 5.75 Å². The Morgan fingerprint density at radius 3 is 2.48 bits per heavy atom. The molecule has 5 nitrogen and oxygen atoms in total. The van der Waals surface area contributed by atoms with E-state index in [1.54, 1.807) is 4.90 Å². The molecular weight excluding hydrogens is 342 g/mol. The number of ether oxygens (including phenoxy) is 1. The predicted molar refractivity (Wildman–Crippen MR) is 97.2 cm³/mol. The van der Waals surface area contributed by atoms with Crippen LogP contribution in [-0.2, 0) is 15.0 Å². The molecule has 1 aliphatic heterocycles. The third-order valence-electron chi connectivity index (χ3n) is 4.49. The molecule has 1 fully saturated rings. The monoisotopic (exact) mass is 367 g/mol. The molecule has 1 N–H and O–H groups in total. The first-order valence-electron chi connectivity index (χ1n) is 8.59. The van der Waals surface area contributed by atoms with Crippen molar-refractivity contribution >= 4 is 23.5 Å².